The van der Waals surface area contributed by atoms with Gasteiger partial charge in [-0.3, -0.25) is 4.90 Å². The predicted molar refractivity (Wildman–Crippen MR) is 78.9 cm³/mol. The van der Waals surface area contributed by atoms with E-state index in [0.717, 1.165) is 12.0 Å². The Hall–Kier alpha value is -2.08. The molecule has 6 nitrogen and oxygen atoms in total. The molecule has 2 N–H and O–H groups in total. The van der Waals surface area contributed by atoms with Gasteiger partial charge in [0.25, 0.3) is 0 Å². The van der Waals surface area contributed by atoms with Crippen molar-refractivity contribution in [1.29, 1.82) is 0 Å². The molecule has 1 aliphatic rings. The third kappa shape index (κ3) is 3.52. The first-order valence-corrected chi connectivity index (χ1v) is 6.93. The number of amides is 2. The van der Waals surface area contributed by atoms with E-state index in [1.807, 2.05) is 6.92 Å². The van der Waals surface area contributed by atoms with Crippen LogP contribution in [-0.2, 0) is 11.2 Å². The summed E-state index contributed by atoms with van der Waals surface area (Å²) in [6.07, 6.45) is 0.746. The summed E-state index contributed by atoms with van der Waals surface area (Å²) in [5.41, 5.74) is 1.88. The van der Waals surface area contributed by atoms with E-state index < -0.39 is 5.97 Å². The average molecular weight is 292 g/mol. The van der Waals surface area contributed by atoms with Crippen molar-refractivity contribution >= 4 is 17.7 Å². The first-order valence-electron chi connectivity index (χ1n) is 6.93. The monoisotopic (exact) mass is 292 g/mol. The van der Waals surface area contributed by atoms with Crippen molar-refractivity contribution in [2.45, 2.75) is 13.3 Å². The number of benzene rings is 1. The maximum atomic E-state index is 12.2. The number of ether oxygens (including phenoxy) is 1. The molecule has 21 heavy (non-hydrogen) atoms. The molecule has 1 atom stereocenters. The van der Waals surface area contributed by atoms with Crippen molar-refractivity contribution in [3.63, 3.8) is 0 Å². The van der Waals surface area contributed by atoms with Crippen LogP contribution < -0.4 is 10.2 Å². The summed E-state index contributed by atoms with van der Waals surface area (Å²) in [6, 6.07) is 4.71. The molecule has 1 aromatic rings. The van der Waals surface area contributed by atoms with Crippen LogP contribution in [0, 0.1) is 5.92 Å². The highest BCUT2D eigenvalue weighted by Gasteiger charge is 2.25. The Bertz CT molecular complexity index is 544. The highest BCUT2D eigenvalue weighted by molar-refractivity contribution is 5.96. The molecule has 0 aromatic heterocycles. The number of carbonyl (C=O) groups is 2. The third-order valence-corrected chi connectivity index (χ3v) is 3.53. The lowest BCUT2D eigenvalue weighted by molar-refractivity contribution is 0.0697. The lowest BCUT2D eigenvalue weighted by atomic mass is 10.1. The lowest BCUT2D eigenvalue weighted by Crippen LogP contribution is -2.41. The fourth-order valence-electron chi connectivity index (χ4n) is 2.42. The number of nitrogens with zero attached hydrogens (tertiary/aromatic N) is 1. The number of carboxylic acid groups (broad SMARTS) is 1. The van der Waals surface area contributed by atoms with Crippen LogP contribution in [0.1, 0.15) is 22.8 Å². The lowest BCUT2D eigenvalue weighted by Gasteiger charge is -2.20. The Labute approximate surface area is 123 Å². The quantitative estimate of drug-likeness (QED) is 0.866. The fraction of sp³-hybridized carbons (Fsp3) is 0.467. The molecule has 0 fully saturated rings. The molecule has 0 saturated heterocycles. The van der Waals surface area contributed by atoms with Crippen molar-refractivity contribution < 1.29 is 19.4 Å². The van der Waals surface area contributed by atoms with Crippen LogP contribution in [0.3, 0.4) is 0 Å². The summed E-state index contributed by atoms with van der Waals surface area (Å²) >= 11 is 0. The summed E-state index contributed by atoms with van der Waals surface area (Å²) < 4.78 is 5.03. The number of urea groups is 1. The normalized spacial score (nSPS) is 14.7. The van der Waals surface area contributed by atoms with Gasteiger partial charge in [0.1, 0.15) is 0 Å². The van der Waals surface area contributed by atoms with Gasteiger partial charge in [-0.25, -0.2) is 9.59 Å². The maximum Gasteiger partial charge on any atom is 0.335 e. The number of carbonyl (C=O) groups excluding carboxylic acids is 1. The van der Waals surface area contributed by atoms with E-state index in [1.165, 1.54) is 0 Å². The van der Waals surface area contributed by atoms with Gasteiger partial charge in [0.2, 0.25) is 0 Å². The minimum Gasteiger partial charge on any atom is -0.478 e. The third-order valence-electron chi connectivity index (χ3n) is 3.53. The van der Waals surface area contributed by atoms with Crippen LogP contribution in [0.25, 0.3) is 0 Å². The number of methoxy groups -OCH3 is 1. The van der Waals surface area contributed by atoms with E-state index in [4.69, 9.17) is 9.84 Å². The summed E-state index contributed by atoms with van der Waals surface area (Å²) in [5, 5.41) is 11.9. The molecule has 1 heterocycles. The van der Waals surface area contributed by atoms with Gasteiger partial charge in [-0.2, -0.15) is 0 Å². The number of nitrogens with one attached hydrogen (secondary N) is 1. The standard InChI is InChI=1S/C15H20N2O4/c1-10(9-21-2)8-16-15(20)17-6-5-11-3-4-12(14(18)19)7-13(11)17/h3-4,7,10H,5-6,8-9H2,1-2H3,(H,16,20)(H,18,19). The summed E-state index contributed by atoms with van der Waals surface area (Å²) in [6.45, 7) is 3.67. The van der Waals surface area contributed by atoms with Crippen LogP contribution in [0.2, 0.25) is 0 Å². The van der Waals surface area contributed by atoms with Crippen LogP contribution in [0.15, 0.2) is 18.2 Å². The molecule has 6 heteroatoms. The van der Waals surface area contributed by atoms with Crippen LogP contribution in [0.4, 0.5) is 10.5 Å². The van der Waals surface area contributed by atoms with Crippen molar-refractivity contribution in [2.75, 3.05) is 31.7 Å². The second-order valence-corrected chi connectivity index (χ2v) is 5.30. The zero-order valence-corrected chi connectivity index (χ0v) is 12.3. The molecule has 2 rings (SSSR count). The zero-order valence-electron chi connectivity index (χ0n) is 12.3. The van der Waals surface area contributed by atoms with Gasteiger partial charge in [0.05, 0.1) is 12.2 Å². The molecule has 1 aliphatic heterocycles. The Kier molecular flexibility index (Phi) is 4.80. The van der Waals surface area contributed by atoms with Crippen LogP contribution in [0.5, 0.6) is 0 Å². The molecule has 114 valence electrons. The van der Waals surface area contributed by atoms with Gasteiger partial charge in [-0.1, -0.05) is 13.0 Å². The minimum atomic E-state index is -0.987. The summed E-state index contributed by atoms with van der Waals surface area (Å²) in [7, 11) is 1.63. The van der Waals surface area contributed by atoms with Gasteiger partial charge in [0, 0.05) is 25.9 Å². The molecule has 0 radical (unpaired) electrons. The molecule has 0 aliphatic carbocycles. The van der Waals surface area contributed by atoms with Crippen molar-refractivity contribution in [3.05, 3.63) is 29.3 Å². The Morgan fingerprint density at radius 3 is 2.90 bits per heavy atom. The second kappa shape index (κ2) is 6.58. The average Bonchev–Trinajstić information content (AvgIpc) is 2.88. The van der Waals surface area contributed by atoms with E-state index >= 15 is 0 Å². The predicted octanol–water partition coefficient (Wildman–Crippen LogP) is 1.74. The van der Waals surface area contributed by atoms with E-state index in [1.54, 1.807) is 30.2 Å². The Morgan fingerprint density at radius 1 is 1.48 bits per heavy atom. The van der Waals surface area contributed by atoms with Gasteiger partial charge in [0.15, 0.2) is 0 Å². The second-order valence-electron chi connectivity index (χ2n) is 5.30. The number of fused-ring (bicyclic) bond motifs is 1. The molecule has 1 aromatic carbocycles. The first kappa shape index (κ1) is 15.3. The Morgan fingerprint density at radius 2 is 2.24 bits per heavy atom. The van der Waals surface area contributed by atoms with Crippen LogP contribution in [-0.4, -0.2) is 43.9 Å². The number of carboxylic acids is 1. The minimum absolute atomic E-state index is 0.195. The van der Waals surface area contributed by atoms with Crippen molar-refractivity contribution in [3.8, 4) is 0 Å². The topological polar surface area (TPSA) is 78.9 Å². The molecule has 0 spiro atoms. The van der Waals surface area contributed by atoms with Crippen molar-refractivity contribution in [1.82, 2.24) is 5.32 Å². The first-order chi connectivity index (χ1) is 10.0. The highest BCUT2D eigenvalue weighted by atomic mass is 16.5. The van der Waals surface area contributed by atoms with Crippen molar-refractivity contribution in [2.24, 2.45) is 5.92 Å². The Balaban J connectivity index is 2.05. The van der Waals surface area contributed by atoms with Gasteiger partial charge >= 0.3 is 12.0 Å². The van der Waals surface area contributed by atoms with E-state index in [9.17, 15) is 9.59 Å². The maximum absolute atomic E-state index is 12.2. The highest BCUT2D eigenvalue weighted by Crippen LogP contribution is 2.29. The van der Waals surface area contributed by atoms with E-state index in [0.29, 0.717) is 25.4 Å². The summed E-state index contributed by atoms with van der Waals surface area (Å²) in [5.74, 6) is -0.759. The van der Waals surface area contributed by atoms with E-state index in [-0.39, 0.29) is 17.5 Å². The summed E-state index contributed by atoms with van der Waals surface area (Å²) in [4.78, 5) is 24.9. The van der Waals surface area contributed by atoms with Gasteiger partial charge < -0.3 is 15.2 Å². The van der Waals surface area contributed by atoms with E-state index in [2.05, 4.69) is 5.32 Å². The fourth-order valence-corrected chi connectivity index (χ4v) is 2.42. The number of anilines is 1. The molecule has 0 saturated carbocycles. The number of aromatic carboxylic acids is 1. The van der Waals surface area contributed by atoms with Gasteiger partial charge in [-0.05, 0) is 30.0 Å². The SMILES string of the molecule is COCC(C)CNC(=O)N1CCc2ccc(C(=O)O)cc21. The van der Waals surface area contributed by atoms with Crippen LogP contribution >= 0.6 is 0 Å². The molecule has 0 bridgehead atoms. The number of hydrogen-bond donors (Lipinski definition) is 2. The smallest absolute Gasteiger partial charge is 0.335 e. The molecular weight excluding hydrogens is 272 g/mol. The molecule has 1 unspecified atom stereocenters. The largest absolute Gasteiger partial charge is 0.478 e. The number of rotatable bonds is 5. The van der Waals surface area contributed by atoms with Gasteiger partial charge in [-0.15, -0.1) is 0 Å². The molecule has 2 amide bonds. The zero-order chi connectivity index (χ0) is 15.4. The number of hydrogen-bond acceptors (Lipinski definition) is 3. The molecular formula is C15H20N2O4.